The molecule has 2 aromatic carbocycles. The summed E-state index contributed by atoms with van der Waals surface area (Å²) in [4.78, 5) is 28.6. The first kappa shape index (κ1) is 18.9. The topological polar surface area (TPSA) is 69.9 Å². The van der Waals surface area contributed by atoms with Crippen LogP contribution in [-0.2, 0) is 16.0 Å². The number of hydrogen-bond acceptors (Lipinski definition) is 5. The van der Waals surface area contributed by atoms with E-state index in [0.717, 1.165) is 0 Å². The molecule has 0 unspecified atom stereocenters. The highest BCUT2D eigenvalue weighted by Crippen LogP contribution is 2.20. The third-order valence-corrected chi connectivity index (χ3v) is 4.96. The molecule has 0 N–H and O–H groups in total. The van der Waals surface area contributed by atoms with Crippen molar-refractivity contribution in [2.24, 2.45) is 4.99 Å². The van der Waals surface area contributed by atoms with E-state index in [2.05, 4.69) is 9.73 Å². The Hall–Kier alpha value is -2.84. The Kier molecular flexibility index (Phi) is 5.78. The summed E-state index contributed by atoms with van der Waals surface area (Å²) in [6.07, 6.45) is 0. The van der Waals surface area contributed by atoms with Crippen LogP contribution in [0.15, 0.2) is 47.5 Å². The van der Waals surface area contributed by atoms with E-state index in [0.29, 0.717) is 39.3 Å². The molecule has 0 spiro atoms. The van der Waals surface area contributed by atoms with Crippen LogP contribution in [0.25, 0.3) is 10.2 Å². The summed E-state index contributed by atoms with van der Waals surface area (Å²) in [7, 11) is 2.84. The second-order valence-electron chi connectivity index (χ2n) is 5.60. The number of rotatable bonds is 5. The average molecular weight is 388 g/mol. The van der Waals surface area contributed by atoms with Gasteiger partial charge in [-0.15, -0.1) is 0 Å². The lowest BCUT2D eigenvalue weighted by atomic mass is 10.1. The fourth-order valence-corrected chi connectivity index (χ4v) is 3.65. The van der Waals surface area contributed by atoms with Gasteiger partial charge in [0.15, 0.2) is 4.80 Å². The summed E-state index contributed by atoms with van der Waals surface area (Å²) < 4.78 is 26.3. The number of ether oxygens (including phenoxy) is 2. The first-order valence-corrected chi connectivity index (χ1v) is 8.91. The second-order valence-corrected chi connectivity index (χ2v) is 6.61. The molecule has 140 valence electrons. The number of halogens is 1. The molecule has 0 aliphatic heterocycles. The highest BCUT2D eigenvalue weighted by Gasteiger charge is 2.13. The molecule has 1 amide bonds. The van der Waals surface area contributed by atoms with Crippen LogP contribution in [0.1, 0.15) is 20.7 Å². The molecule has 0 fully saturated rings. The number of methoxy groups -OCH3 is 2. The third-order valence-electron chi connectivity index (χ3n) is 3.92. The highest BCUT2D eigenvalue weighted by atomic mass is 32.1. The van der Waals surface area contributed by atoms with Gasteiger partial charge in [-0.05, 0) is 36.4 Å². The number of esters is 1. The number of para-hydroxylation sites is 1. The normalized spacial score (nSPS) is 11.7. The number of benzene rings is 2. The molecule has 3 rings (SSSR count). The van der Waals surface area contributed by atoms with Crippen LogP contribution in [0.2, 0.25) is 0 Å². The molecule has 0 saturated carbocycles. The number of hydrogen-bond donors (Lipinski definition) is 0. The van der Waals surface area contributed by atoms with Gasteiger partial charge in [0, 0.05) is 19.2 Å². The van der Waals surface area contributed by atoms with Gasteiger partial charge in [0.25, 0.3) is 5.91 Å². The summed E-state index contributed by atoms with van der Waals surface area (Å²) in [5.74, 6) is -1.34. The predicted molar refractivity (Wildman–Crippen MR) is 99.3 cm³/mol. The maximum Gasteiger partial charge on any atom is 0.337 e. The van der Waals surface area contributed by atoms with E-state index < -0.39 is 11.9 Å². The number of fused-ring (bicyclic) bond motifs is 1. The molecular weight excluding hydrogens is 371 g/mol. The number of carbonyl (C=O) groups is 2. The zero-order valence-corrected chi connectivity index (χ0v) is 15.6. The minimum absolute atomic E-state index is 0.318. The molecule has 3 aromatic rings. The number of nitrogens with zero attached hydrogens (tertiary/aromatic N) is 2. The Labute approximate surface area is 158 Å². The summed E-state index contributed by atoms with van der Waals surface area (Å²) in [6, 6.07) is 10.8. The lowest BCUT2D eigenvalue weighted by molar-refractivity contribution is 0.0600. The Balaban J connectivity index is 2.03. The van der Waals surface area contributed by atoms with E-state index in [-0.39, 0.29) is 5.82 Å². The molecule has 6 nitrogen and oxygen atoms in total. The Morgan fingerprint density at radius 2 is 1.81 bits per heavy atom. The van der Waals surface area contributed by atoms with E-state index in [1.54, 1.807) is 23.8 Å². The van der Waals surface area contributed by atoms with Crippen molar-refractivity contribution in [2.75, 3.05) is 20.8 Å². The van der Waals surface area contributed by atoms with Gasteiger partial charge in [-0.3, -0.25) is 4.79 Å². The van der Waals surface area contributed by atoms with Crippen LogP contribution in [0, 0.1) is 5.82 Å². The maximum absolute atomic E-state index is 14.3. The Morgan fingerprint density at radius 1 is 1.11 bits per heavy atom. The van der Waals surface area contributed by atoms with Gasteiger partial charge in [-0.2, -0.15) is 4.99 Å². The van der Waals surface area contributed by atoms with Crippen molar-refractivity contribution in [3.8, 4) is 0 Å². The molecular formula is C19H17FN2O4S. The lowest BCUT2D eigenvalue weighted by Gasteiger charge is -2.05. The number of aromatic nitrogens is 1. The van der Waals surface area contributed by atoms with Crippen molar-refractivity contribution in [1.29, 1.82) is 0 Å². The SMILES string of the molecule is COCCn1c(=NC(=O)c2ccc(C(=O)OC)cc2)sc2cccc(F)c21. The lowest BCUT2D eigenvalue weighted by Crippen LogP contribution is -2.19. The average Bonchev–Trinajstić information content (AvgIpc) is 3.04. The van der Waals surface area contributed by atoms with Crippen molar-refractivity contribution >= 4 is 33.4 Å². The molecule has 1 aromatic heterocycles. The van der Waals surface area contributed by atoms with Crippen molar-refractivity contribution < 1.29 is 23.5 Å². The summed E-state index contributed by atoms with van der Waals surface area (Å²) in [5.41, 5.74) is 1.05. The smallest absolute Gasteiger partial charge is 0.337 e. The van der Waals surface area contributed by atoms with Gasteiger partial charge >= 0.3 is 5.97 Å². The van der Waals surface area contributed by atoms with Crippen molar-refractivity contribution in [2.45, 2.75) is 6.54 Å². The fourth-order valence-electron chi connectivity index (χ4n) is 2.58. The van der Waals surface area contributed by atoms with Crippen LogP contribution >= 0.6 is 11.3 Å². The van der Waals surface area contributed by atoms with Gasteiger partial charge in [0.1, 0.15) is 5.82 Å². The third kappa shape index (κ3) is 3.96. The molecule has 1 heterocycles. The molecule has 0 aliphatic carbocycles. The second kappa shape index (κ2) is 8.24. The van der Waals surface area contributed by atoms with E-state index >= 15 is 0 Å². The van der Waals surface area contributed by atoms with Crippen LogP contribution < -0.4 is 4.80 Å². The summed E-state index contributed by atoms with van der Waals surface area (Å²) in [6.45, 7) is 0.722. The number of amides is 1. The van der Waals surface area contributed by atoms with Gasteiger partial charge < -0.3 is 14.0 Å². The van der Waals surface area contributed by atoms with Gasteiger partial charge in [0.2, 0.25) is 0 Å². The Morgan fingerprint density at radius 3 is 2.48 bits per heavy atom. The van der Waals surface area contributed by atoms with Crippen molar-refractivity contribution in [3.05, 3.63) is 64.2 Å². The van der Waals surface area contributed by atoms with Gasteiger partial charge in [-0.1, -0.05) is 17.4 Å². The molecule has 8 heteroatoms. The standard InChI is InChI=1S/C19H17FN2O4S/c1-25-11-10-22-16-14(20)4-3-5-15(16)27-19(22)21-17(23)12-6-8-13(9-7-12)18(24)26-2/h3-9H,10-11H2,1-2H3. The van der Waals surface area contributed by atoms with Gasteiger partial charge in [-0.25, -0.2) is 9.18 Å². The monoisotopic (exact) mass is 388 g/mol. The number of carbonyl (C=O) groups excluding carboxylic acids is 2. The zero-order valence-electron chi connectivity index (χ0n) is 14.8. The largest absolute Gasteiger partial charge is 0.465 e. The quantitative estimate of drug-likeness (QED) is 0.630. The highest BCUT2D eigenvalue weighted by molar-refractivity contribution is 7.16. The molecule has 0 bridgehead atoms. The minimum atomic E-state index is -0.483. The maximum atomic E-state index is 14.3. The molecule has 0 aliphatic rings. The van der Waals surface area contributed by atoms with Crippen LogP contribution in [0.5, 0.6) is 0 Å². The molecule has 0 radical (unpaired) electrons. The fraction of sp³-hybridized carbons (Fsp3) is 0.211. The van der Waals surface area contributed by atoms with E-state index in [4.69, 9.17) is 4.74 Å². The van der Waals surface area contributed by atoms with E-state index in [1.807, 2.05) is 0 Å². The van der Waals surface area contributed by atoms with Crippen LogP contribution in [-0.4, -0.2) is 37.3 Å². The van der Waals surface area contributed by atoms with E-state index in [9.17, 15) is 14.0 Å². The Bertz CT molecular complexity index is 1050. The van der Waals surface area contributed by atoms with Crippen molar-refractivity contribution in [1.82, 2.24) is 4.57 Å². The predicted octanol–water partition coefficient (Wildman–Crippen LogP) is 3.02. The van der Waals surface area contributed by atoms with Crippen molar-refractivity contribution in [3.63, 3.8) is 0 Å². The molecule has 0 saturated heterocycles. The summed E-state index contributed by atoms with van der Waals surface area (Å²) in [5, 5.41) is 0. The summed E-state index contributed by atoms with van der Waals surface area (Å²) >= 11 is 1.23. The zero-order chi connectivity index (χ0) is 19.4. The molecule has 27 heavy (non-hydrogen) atoms. The van der Waals surface area contributed by atoms with E-state index in [1.165, 1.54) is 48.8 Å². The molecule has 0 atom stereocenters. The number of thiazole rings is 1. The van der Waals surface area contributed by atoms with Gasteiger partial charge in [0.05, 0.1) is 29.5 Å². The van der Waals surface area contributed by atoms with Crippen LogP contribution in [0.4, 0.5) is 4.39 Å². The first-order valence-electron chi connectivity index (χ1n) is 8.09. The van der Waals surface area contributed by atoms with Crippen LogP contribution in [0.3, 0.4) is 0 Å². The first-order chi connectivity index (χ1) is 13.0. The minimum Gasteiger partial charge on any atom is -0.465 e.